The van der Waals surface area contributed by atoms with E-state index >= 15 is 0 Å². The number of hydrogen-bond acceptors (Lipinski definition) is 3. The zero-order valence-electron chi connectivity index (χ0n) is 12.0. The summed E-state index contributed by atoms with van der Waals surface area (Å²) in [5.74, 6) is 0.754. The van der Waals surface area contributed by atoms with Gasteiger partial charge in [-0.3, -0.25) is 0 Å². The molecular formula is C16H17ClN4. The van der Waals surface area contributed by atoms with Gasteiger partial charge < -0.3 is 15.2 Å². The molecule has 0 saturated heterocycles. The van der Waals surface area contributed by atoms with Crippen LogP contribution in [0, 0.1) is 0 Å². The minimum atomic E-state index is 0.706. The van der Waals surface area contributed by atoms with Gasteiger partial charge in [0.1, 0.15) is 0 Å². The summed E-state index contributed by atoms with van der Waals surface area (Å²) in [6.45, 7) is 0.723. The highest BCUT2D eigenvalue weighted by atomic mass is 35.5. The van der Waals surface area contributed by atoms with Crippen molar-refractivity contribution in [1.29, 1.82) is 0 Å². The number of aromatic amines is 1. The Labute approximate surface area is 128 Å². The molecule has 0 amide bonds. The molecule has 2 aromatic carbocycles. The van der Waals surface area contributed by atoms with Crippen LogP contribution in [0.2, 0.25) is 5.02 Å². The third-order valence-corrected chi connectivity index (χ3v) is 3.59. The predicted molar refractivity (Wildman–Crippen MR) is 89.2 cm³/mol. The van der Waals surface area contributed by atoms with Crippen molar-refractivity contribution in [2.45, 2.75) is 6.54 Å². The molecule has 1 heterocycles. The quantitative estimate of drug-likeness (QED) is 0.768. The van der Waals surface area contributed by atoms with Crippen LogP contribution in [-0.4, -0.2) is 24.1 Å². The monoisotopic (exact) mass is 300 g/mol. The number of nitrogens with zero attached hydrogens (tertiary/aromatic N) is 2. The van der Waals surface area contributed by atoms with E-state index in [9.17, 15) is 0 Å². The maximum absolute atomic E-state index is 5.97. The average molecular weight is 301 g/mol. The van der Waals surface area contributed by atoms with Gasteiger partial charge in [-0.15, -0.1) is 0 Å². The summed E-state index contributed by atoms with van der Waals surface area (Å²) in [6.07, 6.45) is 0. The molecule has 0 unspecified atom stereocenters. The molecule has 0 atom stereocenters. The van der Waals surface area contributed by atoms with Crippen molar-refractivity contribution in [3.05, 3.63) is 53.1 Å². The summed E-state index contributed by atoms with van der Waals surface area (Å²) in [4.78, 5) is 9.79. The number of nitrogens with one attached hydrogen (secondary N) is 2. The molecule has 0 fully saturated rings. The number of imidazole rings is 1. The van der Waals surface area contributed by atoms with E-state index in [-0.39, 0.29) is 0 Å². The first kappa shape index (κ1) is 13.8. The highest BCUT2D eigenvalue weighted by Crippen LogP contribution is 2.19. The van der Waals surface area contributed by atoms with Gasteiger partial charge in [-0.2, -0.15) is 0 Å². The predicted octanol–water partition coefficient (Wildman–Crippen LogP) is 3.89. The Bertz CT molecular complexity index is 747. The lowest BCUT2D eigenvalue weighted by molar-refractivity contribution is 1.09. The lowest BCUT2D eigenvalue weighted by Crippen LogP contribution is -2.08. The normalized spacial score (nSPS) is 10.8. The molecule has 0 bridgehead atoms. The van der Waals surface area contributed by atoms with Crippen molar-refractivity contribution in [3.63, 3.8) is 0 Å². The number of hydrogen-bond donors (Lipinski definition) is 2. The Kier molecular flexibility index (Phi) is 3.71. The molecule has 0 aliphatic carbocycles. The Hall–Kier alpha value is -2.20. The topological polar surface area (TPSA) is 44.0 Å². The van der Waals surface area contributed by atoms with Crippen molar-refractivity contribution in [2.75, 3.05) is 24.3 Å². The summed E-state index contributed by atoms with van der Waals surface area (Å²) in [6, 6.07) is 14.1. The fourth-order valence-corrected chi connectivity index (χ4v) is 2.34. The highest BCUT2D eigenvalue weighted by Gasteiger charge is 2.03. The van der Waals surface area contributed by atoms with Gasteiger partial charge in [0.05, 0.1) is 11.0 Å². The van der Waals surface area contributed by atoms with Gasteiger partial charge >= 0.3 is 0 Å². The standard InChI is InChI=1S/C16H17ClN4/c1-21(2)13-6-3-11(4-7-13)10-18-16-19-14-8-5-12(17)9-15(14)20-16/h3-9H,10H2,1-2H3,(H2,18,19,20). The first-order valence-electron chi connectivity index (χ1n) is 6.77. The van der Waals surface area contributed by atoms with E-state index in [1.165, 1.54) is 11.3 Å². The Balaban J connectivity index is 1.71. The lowest BCUT2D eigenvalue weighted by atomic mass is 10.2. The average Bonchev–Trinajstić information content (AvgIpc) is 2.87. The van der Waals surface area contributed by atoms with Gasteiger partial charge in [-0.1, -0.05) is 23.7 Å². The number of fused-ring (bicyclic) bond motifs is 1. The number of benzene rings is 2. The van der Waals surface area contributed by atoms with Crippen LogP contribution in [0.15, 0.2) is 42.5 Å². The first-order valence-corrected chi connectivity index (χ1v) is 7.15. The van der Waals surface area contributed by atoms with Gasteiger partial charge in [0.15, 0.2) is 0 Å². The molecule has 0 aliphatic rings. The fraction of sp³-hybridized carbons (Fsp3) is 0.188. The molecule has 3 rings (SSSR count). The van der Waals surface area contributed by atoms with E-state index in [2.05, 4.69) is 44.5 Å². The second kappa shape index (κ2) is 5.66. The molecule has 2 N–H and O–H groups in total. The molecule has 21 heavy (non-hydrogen) atoms. The third-order valence-electron chi connectivity index (χ3n) is 3.36. The Morgan fingerprint density at radius 1 is 1.14 bits per heavy atom. The van der Waals surface area contributed by atoms with Crippen LogP contribution in [0.5, 0.6) is 0 Å². The van der Waals surface area contributed by atoms with Crippen LogP contribution < -0.4 is 10.2 Å². The number of rotatable bonds is 4. The largest absolute Gasteiger partial charge is 0.378 e. The van der Waals surface area contributed by atoms with Crippen LogP contribution in [0.1, 0.15) is 5.56 Å². The second-order valence-corrected chi connectivity index (χ2v) is 5.60. The number of H-pyrrole nitrogens is 1. The summed E-state index contributed by atoms with van der Waals surface area (Å²) in [7, 11) is 4.07. The fourth-order valence-electron chi connectivity index (χ4n) is 2.16. The minimum absolute atomic E-state index is 0.706. The number of aromatic nitrogens is 2. The van der Waals surface area contributed by atoms with Crippen LogP contribution in [0.25, 0.3) is 11.0 Å². The highest BCUT2D eigenvalue weighted by molar-refractivity contribution is 6.31. The summed E-state index contributed by atoms with van der Waals surface area (Å²) >= 11 is 5.97. The van der Waals surface area contributed by atoms with Gasteiger partial charge in [0.25, 0.3) is 0 Å². The van der Waals surface area contributed by atoms with Gasteiger partial charge in [-0.05, 0) is 35.9 Å². The molecule has 0 spiro atoms. The molecule has 108 valence electrons. The molecule has 0 aliphatic heterocycles. The van der Waals surface area contributed by atoms with Crippen LogP contribution in [0.3, 0.4) is 0 Å². The number of anilines is 2. The molecule has 5 heteroatoms. The van der Waals surface area contributed by atoms with Crippen molar-refractivity contribution in [1.82, 2.24) is 9.97 Å². The molecule has 1 aromatic heterocycles. The van der Waals surface area contributed by atoms with E-state index in [0.717, 1.165) is 23.5 Å². The van der Waals surface area contributed by atoms with Crippen molar-refractivity contribution >= 4 is 34.3 Å². The maximum Gasteiger partial charge on any atom is 0.201 e. The summed E-state index contributed by atoms with van der Waals surface area (Å²) in [5, 5.41) is 4.00. The zero-order valence-corrected chi connectivity index (χ0v) is 12.8. The first-order chi connectivity index (χ1) is 10.1. The maximum atomic E-state index is 5.97. The van der Waals surface area contributed by atoms with E-state index in [1.54, 1.807) is 0 Å². The van der Waals surface area contributed by atoms with Crippen LogP contribution >= 0.6 is 11.6 Å². The van der Waals surface area contributed by atoms with Crippen LogP contribution in [0.4, 0.5) is 11.6 Å². The Morgan fingerprint density at radius 3 is 2.62 bits per heavy atom. The molecule has 0 radical (unpaired) electrons. The van der Waals surface area contributed by atoms with Crippen molar-refractivity contribution in [3.8, 4) is 0 Å². The minimum Gasteiger partial charge on any atom is -0.378 e. The summed E-state index contributed by atoms with van der Waals surface area (Å²) in [5.41, 5.74) is 4.24. The molecule has 4 nitrogen and oxygen atoms in total. The van der Waals surface area contributed by atoms with Crippen molar-refractivity contribution in [2.24, 2.45) is 0 Å². The molecular weight excluding hydrogens is 284 g/mol. The molecule has 0 saturated carbocycles. The number of halogens is 1. The smallest absolute Gasteiger partial charge is 0.201 e. The zero-order chi connectivity index (χ0) is 14.8. The van der Waals surface area contributed by atoms with E-state index < -0.39 is 0 Å². The van der Waals surface area contributed by atoms with Crippen molar-refractivity contribution < 1.29 is 0 Å². The SMILES string of the molecule is CN(C)c1ccc(CNc2nc3ccc(Cl)cc3[nH]2)cc1. The third kappa shape index (κ3) is 3.11. The Morgan fingerprint density at radius 2 is 1.90 bits per heavy atom. The van der Waals surface area contributed by atoms with Crippen LogP contribution in [-0.2, 0) is 6.54 Å². The lowest BCUT2D eigenvalue weighted by Gasteiger charge is -2.12. The second-order valence-electron chi connectivity index (χ2n) is 5.16. The van der Waals surface area contributed by atoms with E-state index in [1.807, 2.05) is 32.3 Å². The van der Waals surface area contributed by atoms with Gasteiger partial charge in [0, 0.05) is 31.4 Å². The summed E-state index contributed by atoms with van der Waals surface area (Å²) < 4.78 is 0. The van der Waals surface area contributed by atoms with Gasteiger partial charge in [0.2, 0.25) is 5.95 Å². The van der Waals surface area contributed by atoms with E-state index in [4.69, 9.17) is 11.6 Å². The van der Waals surface area contributed by atoms with Gasteiger partial charge in [-0.25, -0.2) is 4.98 Å². The van der Waals surface area contributed by atoms with E-state index in [0.29, 0.717) is 5.02 Å². The molecule has 3 aromatic rings.